The fourth-order valence-electron chi connectivity index (χ4n) is 4.33. The third-order valence-corrected chi connectivity index (χ3v) is 6.03. The molecule has 29 heavy (non-hydrogen) atoms. The second-order valence-electron chi connectivity index (χ2n) is 7.86. The van der Waals surface area contributed by atoms with Crippen LogP contribution in [0.4, 0.5) is 5.82 Å². The van der Waals surface area contributed by atoms with Gasteiger partial charge >= 0.3 is 0 Å². The summed E-state index contributed by atoms with van der Waals surface area (Å²) >= 11 is 0. The Morgan fingerprint density at radius 2 is 2.10 bits per heavy atom. The summed E-state index contributed by atoms with van der Waals surface area (Å²) in [6.45, 7) is 4.42. The van der Waals surface area contributed by atoms with Gasteiger partial charge in [0.2, 0.25) is 11.8 Å². The Labute approximate surface area is 170 Å². The maximum Gasteiger partial charge on any atom is 0.225 e. The summed E-state index contributed by atoms with van der Waals surface area (Å²) in [5, 5.41) is 18.7. The smallest absolute Gasteiger partial charge is 0.225 e. The molecule has 1 aromatic heterocycles. The highest BCUT2D eigenvalue weighted by atomic mass is 16.2. The van der Waals surface area contributed by atoms with Gasteiger partial charge in [-0.05, 0) is 31.5 Å². The van der Waals surface area contributed by atoms with Crippen molar-refractivity contribution in [3.63, 3.8) is 0 Å². The number of pyridine rings is 1. The number of piperidine rings is 1. The van der Waals surface area contributed by atoms with Gasteiger partial charge in [0.05, 0.1) is 17.6 Å². The van der Waals surface area contributed by atoms with Crippen LogP contribution in [0.3, 0.4) is 0 Å². The molecule has 3 N–H and O–H groups in total. The van der Waals surface area contributed by atoms with Crippen molar-refractivity contribution < 1.29 is 9.59 Å². The average Bonchev–Trinajstić information content (AvgIpc) is 2.78. The lowest BCUT2D eigenvalue weighted by Gasteiger charge is -2.40. The third-order valence-electron chi connectivity index (χ3n) is 6.03. The molecule has 3 fully saturated rings. The fraction of sp³-hybridized carbons (Fsp3) is 0.600. The predicted octanol–water partition coefficient (Wildman–Crippen LogP) is -0.594. The lowest BCUT2D eigenvalue weighted by atomic mass is 9.89. The Morgan fingerprint density at radius 1 is 1.28 bits per heavy atom. The van der Waals surface area contributed by atoms with E-state index in [-0.39, 0.29) is 29.9 Å². The standard InChI is InChI=1S/C20H27N7O2/c21-11-14-1-3-18(23-12-14)26-7-9-27(10-8-26)19(28)4-2-17-24-16-13-22-6-5-15(16)20(29)25-17/h1,3,12,15-17,22,24H,2,4-10,13H2,(H,25,29). The van der Waals surface area contributed by atoms with Crippen molar-refractivity contribution in [1.82, 2.24) is 25.8 Å². The highest BCUT2D eigenvalue weighted by Gasteiger charge is 2.37. The first-order chi connectivity index (χ1) is 14.1. The fourth-order valence-corrected chi connectivity index (χ4v) is 4.33. The van der Waals surface area contributed by atoms with E-state index in [9.17, 15) is 9.59 Å². The molecule has 0 spiro atoms. The van der Waals surface area contributed by atoms with Crippen LogP contribution in [0.25, 0.3) is 0 Å². The van der Waals surface area contributed by atoms with Crippen LogP contribution in [-0.4, -0.2) is 73.2 Å². The maximum atomic E-state index is 12.6. The summed E-state index contributed by atoms with van der Waals surface area (Å²) in [6, 6.07) is 5.83. The van der Waals surface area contributed by atoms with Crippen LogP contribution < -0.4 is 20.9 Å². The van der Waals surface area contributed by atoms with Crippen LogP contribution in [0.1, 0.15) is 24.8 Å². The number of nitrogens with one attached hydrogen (secondary N) is 3. The van der Waals surface area contributed by atoms with Crippen molar-refractivity contribution in [3.8, 4) is 6.07 Å². The highest BCUT2D eigenvalue weighted by Crippen LogP contribution is 2.19. The zero-order valence-electron chi connectivity index (χ0n) is 16.4. The maximum absolute atomic E-state index is 12.6. The molecule has 4 rings (SSSR count). The number of nitriles is 1. The summed E-state index contributed by atoms with van der Waals surface area (Å²) in [5.74, 6) is 1.10. The molecule has 2 amide bonds. The van der Waals surface area contributed by atoms with Crippen LogP contribution in [0.15, 0.2) is 18.3 Å². The van der Waals surface area contributed by atoms with E-state index in [4.69, 9.17) is 5.26 Å². The second kappa shape index (κ2) is 8.76. The topological polar surface area (TPSA) is 113 Å². The molecular weight excluding hydrogens is 370 g/mol. The van der Waals surface area contributed by atoms with Crippen LogP contribution in [0, 0.1) is 17.2 Å². The molecule has 154 valence electrons. The molecule has 3 atom stereocenters. The summed E-state index contributed by atoms with van der Waals surface area (Å²) in [7, 11) is 0. The van der Waals surface area contributed by atoms with E-state index >= 15 is 0 Å². The summed E-state index contributed by atoms with van der Waals surface area (Å²) in [6.07, 6.45) is 3.30. The van der Waals surface area contributed by atoms with E-state index in [1.54, 1.807) is 12.3 Å². The number of hydrogen-bond acceptors (Lipinski definition) is 7. The molecular formula is C20H27N7O2. The summed E-state index contributed by atoms with van der Waals surface area (Å²) in [5.41, 5.74) is 0.543. The van der Waals surface area contributed by atoms with Gasteiger partial charge in [-0.1, -0.05) is 0 Å². The van der Waals surface area contributed by atoms with E-state index in [0.29, 0.717) is 31.5 Å². The molecule has 3 unspecified atom stereocenters. The van der Waals surface area contributed by atoms with Crippen molar-refractivity contribution in [2.24, 2.45) is 5.92 Å². The first kappa shape index (κ1) is 19.6. The molecule has 3 saturated heterocycles. The lowest BCUT2D eigenvalue weighted by Crippen LogP contribution is -2.65. The molecule has 0 aliphatic carbocycles. The van der Waals surface area contributed by atoms with E-state index < -0.39 is 0 Å². The predicted molar refractivity (Wildman–Crippen MR) is 107 cm³/mol. The van der Waals surface area contributed by atoms with E-state index in [1.165, 1.54) is 0 Å². The van der Waals surface area contributed by atoms with Gasteiger partial charge in [0.1, 0.15) is 11.9 Å². The van der Waals surface area contributed by atoms with Crippen molar-refractivity contribution in [1.29, 1.82) is 5.26 Å². The van der Waals surface area contributed by atoms with Gasteiger partial charge in [-0.2, -0.15) is 5.26 Å². The van der Waals surface area contributed by atoms with Gasteiger partial charge < -0.3 is 20.4 Å². The number of piperazine rings is 1. The number of anilines is 1. The molecule has 0 aromatic carbocycles. The Bertz CT molecular complexity index is 783. The Hall–Kier alpha value is -2.70. The minimum Gasteiger partial charge on any atom is -0.353 e. The number of rotatable bonds is 4. The number of carbonyl (C=O) groups is 2. The van der Waals surface area contributed by atoms with Gasteiger partial charge in [-0.15, -0.1) is 0 Å². The number of amides is 2. The lowest BCUT2D eigenvalue weighted by molar-refractivity contribution is -0.134. The zero-order valence-corrected chi connectivity index (χ0v) is 16.4. The average molecular weight is 397 g/mol. The number of hydrogen-bond donors (Lipinski definition) is 3. The van der Waals surface area contributed by atoms with Crippen LogP contribution in [-0.2, 0) is 9.59 Å². The molecule has 4 heterocycles. The Kier molecular flexibility index (Phi) is 5.92. The van der Waals surface area contributed by atoms with Crippen molar-refractivity contribution in [2.75, 3.05) is 44.2 Å². The minimum atomic E-state index is -0.142. The van der Waals surface area contributed by atoms with Crippen LogP contribution >= 0.6 is 0 Å². The van der Waals surface area contributed by atoms with Gasteiger partial charge in [0.15, 0.2) is 0 Å². The molecule has 9 heteroatoms. The Balaban J connectivity index is 1.23. The molecule has 9 nitrogen and oxygen atoms in total. The SMILES string of the molecule is N#Cc1ccc(N2CCN(C(=O)CCC3NC(=O)C4CCNCC4N3)CC2)nc1. The summed E-state index contributed by atoms with van der Waals surface area (Å²) in [4.78, 5) is 33.3. The van der Waals surface area contributed by atoms with E-state index in [1.807, 2.05) is 11.0 Å². The monoisotopic (exact) mass is 397 g/mol. The van der Waals surface area contributed by atoms with Gasteiger partial charge in [0.25, 0.3) is 0 Å². The molecule has 1 aromatic rings. The van der Waals surface area contributed by atoms with Crippen molar-refractivity contribution in [2.45, 2.75) is 31.5 Å². The van der Waals surface area contributed by atoms with Gasteiger partial charge in [0, 0.05) is 51.4 Å². The summed E-state index contributed by atoms with van der Waals surface area (Å²) < 4.78 is 0. The highest BCUT2D eigenvalue weighted by molar-refractivity contribution is 5.81. The molecule has 3 aliphatic heterocycles. The van der Waals surface area contributed by atoms with E-state index in [2.05, 4.69) is 31.9 Å². The number of fused-ring (bicyclic) bond motifs is 1. The molecule has 0 bridgehead atoms. The Morgan fingerprint density at radius 3 is 2.83 bits per heavy atom. The molecule has 3 aliphatic rings. The second-order valence-corrected chi connectivity index (χ2v) is 7.86. The normalized spacial score (nSPS) is 27.0. The zero-order chi connectivity index (χ0) is 20.2. The number of nitrogens with zero attached hydrogens (tertiary/aromatic N) is 4. The van der Waals surface area contributed by atoms with E-state index in [0.717, 1.165) is 38.4 Å². The molecule has 0 radical (unpaired) electrons. The van der Waals surface area contributed by atoms with Gasteiger partial charge in [-0.3, -0.25) is 14.9 Å². The number of carbonyl (C=O) groups excluding carboxylic acids is 2. The molecule has 0 saturated carbocycles. The largest absolute Gasteiger partial charge is 0.353 e. The minimum absolute atomic E-state index is 0.0344. The van der Waals surface area contributed by atoms with Gasteiger partial charge in [-0.25, -0.2) is 4.98 Å². The number of aromatic nitrogens is 1. The third kappa shape index (κ3) is 4.49. The first-order valence-electron chi connectivity index (χ1n) is 10.3. The van der Waals surface area contributed by atoms with Crippen LogP contribution in [0.5, 0.6) is 0 Å². The first-order valence-corrected chi connectivity index (χ1v) is 10.3. The van der Waals surface area contributed by atoms with Crippen molar-refractivity contribution >= 4 is 17.6 Å². The van der Waals surface area contributed by atoms with Crippen LogP contribution in [0.2, 0.25) is 0 Å². The quantitative estimate of drug-likeness (QED) is 0.622. The van der Waals surface area contributed by atoms with Crippen molar-refractivity contribution in [3.05, 3.63) is 23.9 Å².